The number of amides is 1. The summed E-state index contributed by atoms with van der Waals surface area (Å²) in [6.45, 7) is 3.18. The number of hydrogen-bond acceptors (Lipinski definition) is 3. The summed E-state index contributed by atoms with van der Waals surface area (Å²) < 4.78 is 0. The Hall–Kier alpha value is -1.81. The second-order valence-corrected chi connectivity index (χ2v) is 6.10. The van der Waals surface area contributed by atoms with Crippen LogP contribution < -0.4 is 10.2 Å². The standard InChI is InChI=1S/C17H20N2OS/c1-2-3-4-7-10-19-15-9-6-5-8-14(15)18-17(20)13-11-21-12-16(13)19/h5-6,8-9,11-12H,2-4,7,10H2,1H3,(H,18,20). The molecule has 0 saturated carbocycles. The van der Waals surface area contributed by atoms with Crippen molar-refractivity contribution in [1.29, 1.82) is 0 Å². The average molecular weight is 300 g/mol. The Labute approximate surface area is 129 Å². The van der Waals surface area contributed by atoms with Crippen LogP contribution in [-0.2, 0) is 0 Å². The fraction of sp³-hybridized carbons (Fsp3) is 0.353. The Morgan fingerprint density at radius 1 is 1.10 bits per heavy atom. The largest absolute Gasteiger partial charge is 0.338 e. The van der Waals surface area contributed by atoms with Gasteiger partial charge in [-0.25, -0.2) is 0 Å². The quantitative estimate of drug-likeness (QED) is 0.785. The SMILES string of the molecule is CCCCCCN1c2ccccc2NC(=O)c2cscc21. The summed E-state index contributed by atoms with van der Waals surface area (Å²) in [6.07, 6.45) is 4.88. The van der Waals surface area contributed by atoms with Crippen LogP contribution in [0.15, 0.2) is 35.0 Å². The minimum Gasteiger partial charge on any atom is -0.338 e. The highest BCUT2D eigenvalue weighted by Crippen LogP contribution is 2.39. The lowest BCUT2D eigenvalue weighted by molar-refractivity contribution is 0.102. The first-order valence-corrected chi connectivity index (χ1v) is 8.49. The molecule has 0 fully saturated rings. The van der Waals surface area contributed by atoms with Crippen molar-refractivity contribution in [3.63, 3.8) is 0 Å². The monoisotopic (exact) mass is 300 g/mol. The van der Waals surface area contributed by atoms with Crippen molar-refractivity contribution < 1.29 is 4.79 Å². The molecule has 0 radical (unpaired) electrons. The van der Waals surface area contributed by atoms with Crippen LogP contribution >= 0.6 is 11.3 Å². The third kappa shape index (κ3) is 2.81. The highest BCUT2D eigenvalue weighted by Gasteiger charge is 2.25. The molecule has 21 heavy (non-hydrogen) atoms. The molecular weight excluding hydrogens is 280 g/mol. The van der Waals surface area contributed by atoms with Gasteiger partial charge in [0.2, 0.25) is 0 Å². The van der Waals surface area contributed by atoms with E-state index in [1.54, 1.807) is 11.3 Å². The van der Waals surface area contributed by atoms with Gasteiger partial charge in [0, 0.05) is 17.3 Å². The van der Waals surface area contributed by atoms with Crippen molar-refractivity contribution in [3.05, 3.63) is 40.6 Å². The number of hydrogen-bond donors (Lipinski definition) is 1. The molecule has 0 bridgehead atoms. The molecule has 0 aliphatic carbocycles. The molecule has 0 atom stereocenters. The van der Waals surface area contributed by atoms with Crippen LogP contribution in [0.1, 0.15) is 43.0 Å². The van der Waals surface area contributed by atoms with Gasteiger partial charge in [-0.05, 0) is 18.6 Å². The van der Waals surface area contributed by atoms with E-state index in [0.29, 0.717) is 0 Å². The molecule has 3 rings (SSSR count). The zero-order chi connectivity index (χ0) is 14.7. The van der Waals surface area contributed by atoms with Crippen LogP contribution in [0.2, 0.25) is 0 Å². The first-order valence-electron chi connectivity index (χ1n) is 7.55. The number of para-hydroxylation sites is 2. The summed E-state index contributed by atoms with van der Waals surface area (Å²) >= 11 is 1.59. The molecule has 0 unspecified atom stereocenters. The summed E-state index contributed by atoms with van der Waals surface area (Å²) in [6, 6.07) is 8.05. The van der Waals surface area contributed by atoms with E-state index in [-0.39, 0.29) is 5.91 Å². The number of rotatable bonds is 5. The number of carbonyl (C=O) groups is 1. The fourth-order valence-electron chi connectivity index (χ4n) is 2.74. The third-order valence-corrected chi connectivity index (χ3v) is 4.59. The first kappa shape index (κ1) is 14.1. The molecule has 1 aliphatic heterocycles. The van der Waals surface area contributed by atoms with E-state index in [0.717, 1.165) is 35.6 Å². The number of fused-ring (bicyclic) bond motifs is 2. The molecule has 1 N–H and O–H groups in total. The molecule has 1 aromatic carbocycles. The van der Waals surface area contributed by atoms with Crippen LogP contribution in [0.5, 0.6) is 0 Å². The molecule has 1 aromatic heterocycles. The van der Waals surface area contributed by atoms with E-state index in [9.17, 15) is 4.79 Å². The van der Waals surface area contributed by atoms with Crippen LogP contribution in [0.25, 0.3) is 0 Å². The predicted octanol–water partition coefficient (Wildman–Crippen LogP) is 5.03. The lowest BCUT2D eigenvalue weighted by atomic mass is 10.1. The number of nitrogens with one attached hydrogen (secondary N) is 1. The van der Waals surface area contributed by atoms with Gasteiger partial charge < -0.3 is 10.2 Å². The van der Waals surface area contributed by atoms with Gasteiger partial charge in [-0.2, -0.15) is 0 Å². The van der Waals surface area contributed by atoms with Crippen molar-refractivity contribution in [1.82, 2.24) is 0 Å². The molecule has 4 heteroatoms. The van der Waals surface area contributed by atoms with E-state index in [1.807, 2.05) is 23.6 Å². The van der Waals surface area contributed by atoms with Gasteiger partial charge in [0.15, 0.2) is 0 Å². The van der Waals surface area contributed by atoms with Crippen molar-refractivity contribution in [2.45, 2.75) is 32.6 Å². The van der Waals surface area contributed by atoms with Gasteiger partial charge in [0.05, 0.1) is 22.6 Å². The molecule has 1 amide bonds. The molecule has 0 saturated heterocycles. The highest BCUT2D eigenvalue weighted by molar-refractivity contribution is 7.08. The smallest absolute Gasteiger partial charge is 0.258 e. The lowest BCUT2D eigenvalue weighted by Gasteiger charge is -2.24. The molecular formula is C17H20N2OS. The minimum atomic E-state index is -0.00485. The lowest BCUT2D eigenvalue weighted by Crippen LogP contribution is -2.18. The number of benzene rings is 1. The first-order chi connectivity index (χ1) is 10.3. The number of nitrogens with zero attached hydrogens (tertiary/aromatic N) is 1. The van der Waals surface area contributed by atoms with E-state index < -0.39 is 0 Å². The number of unbranched alkanes of at least 4 members (excludes halogenated alkanes) is 3. The number of anilines is 3. The van der Waals surface area contributed by atoms with Crippen LogP contribution in [0.3, 0.4) is 0 Å². The molecule has 0 spiro atoms. The normalized spacial score (nSPS) is 13.4. The van der Waals surface area contributed by atoms with Crippen molar-refractivity contribution >= 4 is 34.3 Å². The van der Waals surface area contributed by atoms with Gasteiger partial charge in [-0.3, -0.25) is 4.79 Å². The Bertz CT molecular complexity index is 635. The zero-order valence-corrected chi connectivity index (χ0v) is 13.1. The third-order valence-electron chi connectivity index (χ3n) is 3.86. The maximum Gasteiger partial charge on any atom is 0.258 e. The van der Waals surface area contributed by atoms with Gasteiger partial charge in [0.1, 0.15) is 0 Å². The van der Waals surface area contributed by atoms with E-state index in [1.165, 1.54) is 19.3 Å². The van der Waals surface area contributed by atoms with Crippen LogP contribution in [-0.4, -0.2) is 12.5 Å². The predicted molar refractivity (Wildman–Crippen MR) is 89.9 cm³/mol. The van der Waals surface area contributed by atoms with E-state index >= 15 is 0 Å². The minimum absolute atomic E-state index is 0.00485. The Morgan fingerprint density at radius 3 is 2.81 bits per heavy atom. The van der Waals surface area contributed by atoms with Gasteiger partial charge in [-0.15, -0.1) is 11.3 Å². The topological polar surface area (TPSA) is 32.3 Å². The van der Waals surface area contributed by atoms with Gasteiger partial charge in [-0.1, -0.05) is 38.3 Å². The maximum atomic E-state index is 12.3. The molecule has 2 heterocycles. The van der Waals surface area contributed by atoms with Crippen molar-refractivity contribution in [2.24, 2.45) is 0 Å². The molecule has 2 aromatic rings. The second kappa shape index (κ2) is 6.31. The average Bonchev–Trinajstić information content (AvgIpc) is 2.94. The van der Waals surface area contributed by atoms with Gasteiger partial charge >= 0.3 is 0 Å². The summed E-state index contributed by atoms with van der Waals surface area (Å²) in [5, 5.41) is 7.04. The van der Waals surface area contributed by atoms with Crippen LogP contribution in [0.4, 0.5) is 17.1 Å². The van der Waals surface area contributed by atoms with Gasteiger partial charge in [0.25, 0.3) is 5.91 Å². The summed E-state index contributed by atoms with van der Waals surface area (Å²) in [5.74, 6) is -0.00485. The second-order valence-electron chi connectivity index (χ2n) is 5.35. The number of carbonyl (C=O) groups excluding carboxylic acids is 1. The summed E-state index contributed by atoms with van der Waals surface area (Å²) in [4.78, 5) is 14.6. The molecule has 110 valence electrons. The maximum absolute atomic E-state index is 12.3. The van der Waals surface area contributed by atoms with Crippen molar-refractivity contribution in [3.8, 4) is 0 Å². The zero-order valence-electron chi connectivity index (χ0n) is 12.3. The van der Waals surface area contributed by atoms with E-state index in [2.05, 4.69) is 28.6 Å². The Balaban J connectivity index is 1.94. The van der Waals surface area contributed by atoms with Crippen molar-refractivity contribution in [2.75, 3.05) is 16.8 Å². The summed E-state index contributed by atoms with van der Waals surface area (Å²) in [5.41, 5.74) is 3.82. The number of thiophene rings is 1. The van der Waals surface area contributed by atoms with E-state index in [4.69, 9.17) is 0 Å². The molecule has 3 nitrogen and oxygen atoms in total. The Kier molecular flexibility index (Phi) is 4.25. The molecule has 1 aliphatic rings. The summed E-state index contributed by atoms with van der Waals surface area (Å²) in [7, 11) is 0. The Morgan fingerprint density at radius 2 is 1.95 bits per heavy atom. The highest BCUT2D eigenvalue weighted by atomic mass is 32.1. The fourth-order valence-corrected chi connectivity index (χ4v) is 3.56. The van der Waals surface area contributed by atoms with Crippen LogP contribution in [0, 0.1) is 0 Å².